The fraction of sp³-hybridized carbons (Fsp3) is 0.528. The molecule has 3 heterocycles. The molecule has 45 heavy (non-hydrogen) atoms. The first kappa shape index (κ1) is 28.8. The molecule has 4 saturated carbocycles. The Balaban J connectivity index is 1.13. The number of nitrogens with one attached hydrogen (secondary N) is 1. The van der Waals surface area contributed by atoms with Gasteiger partial charge in [-0.05, 0) is 112 Å². The van der Waals surface area contributed by atoms with Gasteiger partial charge in [-0.2, -0.15) is 4.98 Å². The van der Waals surface area contributed by atoms with Gasteiger partial charge in [-0.1, -0.05) is 12.1 Å². The van der Waals surface area contributed by atoms with E-state index in [1.165, 1.54) is 24.9 Å². The third-order valence-electron chi connectivity index (χ3n) is 11.3. The number of ether oxygens (including phenoxy) is 1. The van der Waals surface area contributed by atoms with Crippen LogP contribution in [-0.2, 0) is 17.9 Å². The summed E-state index contributed by atoms with van der Waals surface area (Å²) in [5.74, 6) is 3.43. The molecular weight excluding hydrogens is 562 g/mol. The molecule has 2 amide bonds. The van der Waals surface area contributed by atoms with E-state index >= 15 is 0 Å². The predicted molar refractivity (Wildman–Crippen MR) is 178 cm³/mol. The Morgan fingerprint density at radius 3 is 2.31 bits per heavy atom. The Hall–Kier alpha value is -3.69. The maximum absolute atomic E-state index is 14.8. The van der Waals surface area contributed by atoms with Gasteiger partial charge in [-0.25, -0.2) is 9.78 Å². The number of amides is 2. The molecule has 1 N–H and O–H groups in total. The summed E-state index contributed by atoms with van der Waals surface area (Å²) in [5.41, 5.74) is 6.13. The van der Waals surface area contributed by atoms with Crippen molar-refractivity contribution in [1.29, 1.82) is 0 Å². The number of hydrogen-bond donors (Lipinski definition) is 1. The molecule has 6 aliphatic rings. The minimum atomic E-state index is -0.187. The SMILES string of the molecule is COCc1cccc(N2Cc3cnc(Nc4ccc(N5CCN(C)CC5)cc4)nc3N(C34CC5CC(CC(C5)C3)C4)C2=O)c1C. The van der Waals surface area contributed by atoms with E-state index in [4.69, 9.17) is 14.7 Å². The average molecular weight is 608 g/mol. The topological polar surface area (TPSA) is 77.1 Å². The van der Waals surface area contributed by atoms with Crippen LogP contribution in [0.3, 0.4) is 0 Å². The van der Waals surface area contributed by atoms with Gasteiger partial charge in [0.05, 0.1) is 18.7 Å². The molecule has 0 unspecified atom stereocenters. The number of piperazine rings is 1. The Morgan fingerprint density at radius 1 is 0.956 bits per heavy atom. The number of likely N-dealkylation sites (N-methyl/N-ethyl adjacent to an activating group) is 1. The number of benzene rings is 2. The average Bonchev–Trinajstić information content (AvgIpc) is 3.02. The van der Waals surface area contributed by atoms with Crippen LogP contribution in [0.25, 0.3) is 0 Å². The molecule has 4 aliphatic carbocycles. The van der Waals surface area contributed by atoms with Crippen LogP contribution in [0.1, 0.15) is 55.2 Å². The smallest absolute Gasteiger partial charge is 0.331 e. The lowest BCUT2D eigenvalue weighted by Crippen LogP contribution is -2.65. The quantitative estimate of drug-likeness (QED) is 0.336. The molecule has 0 atom stereocenters. The number of fused-ring (bicyclic) bond motifs is 1. The third-order valence-corrected chi connectivity index (χ3v) is 11.3. The number of carbonyl (C=O) groups is 1. The van der Waals surface area contributed by atoms with Crippen molar-refractivity contribution in [3.63, 3.8) is 0 Å². The molecule has 9 rings (SSSR count). The number of urea groups is 1. The van der Waals surface area contributed by atoms with E-state index in [1.807, 2.05) is 17.2 Å². The Kier molecular flexibility index (Phi) is 7.21. The summed E-state index contributed by atoms with van der Waals surface area (Å²) < 4.78 is 5.48. The highest BCUT2D eigenvalue weighted by Crippen LogP contribution is 2.59. The molecule has 9 nitrogen and oxygen atoms in total. The molecule has 2 aliphatic heterocycles. The molecule has 2 aromatic carbocycles. The van der Waals surface area contributed by atoms with E-state index in [-0.39, 0.29) is 11.6 Å². The highest BCUT2D eigenvalue weighted by Gasteiger charge is 2.57. The largest absolute Gasteiger partial charge is 0.380 e. The molecule has 236 valence electrons. The summed E-state index contributed by atoms with van der Waals surface area (Å²) in [5, 5.41) is 3.46. The number of nitrogens with zero attached hydrogens (tertiary/aromatic N) is 6. The lowest BCUT2D eigenvalue weighted by atomic mass is 9.52. The van der Waals surface area contributed by atoms with Gasteiger partial charge in [0.25, 0.3) is 0 Å². The Labute approximate surface area is 266 Å². The van der Waals surface area contributed by atoms with Gasteiger partial charge < -0.3 is 19.9 Å². The number of carbonyl (C=O) groups excluding carboxylic acids is 1. The zero-order chi connectivity index (χ0) is 30.7. The lowest BCUT2D eigenvalue weighted by Gasteiger charge is -2.61. The first-order valence-corrected chi connectivity index (χ1v) is 16.7. The molecule has 0 radical (unpaired) electrons. The molecule has 3 aromatic rings. The summed E-state index contributed by atoms with van der Waals surface area (Å²) in [7, 11) is 3.90. The molecule has 1 aromatic heterocycles. The fourth-order valence-corrected chi connectivity index (χ4v) is 9.39. The summed E-state index contributed by atoms with van der Waals surface area (Å²) >= 11 is 0. The van der Waals surface area contributed by atoms with Crippen molar-refractivity contribution >= 4 is 34.9 Å². The maximum atomic E-state index is 14.8. The number of rotatable bonds is 7. The standard InChI is InChI=1S/C36H45N7O2/c1-24-28(23-45-3)5-4-6-32(24)42-22-29-21-37-34(38-30-7-9-31(10-8-30)41-13-11-40(2)12-14-41)39-33(29)43(35(42)44)36-18-25-15-26(19-36)17-27(16-25)20-36/h4-10,21,25-27H,11-20,22-23H2,1-3H3,(H,37,38,39). The van der Waals surface area contributed by atoms with Crippen molar-refractivity contribution in [3.05, 3.63) is 65.4 Å². The molecule has 1 saturated heterocycles. The Morgan fingerprint density at radius 2 is 1.64 bits per heavy atom. The Bertz CT molecular complexity index is 1550. The van der Waals surface area contributed by atoms with Crippen molar-refractivity contribution < 1.29 is 9.53 Å². The number of methoxy groups -OCH3 is 1. The van der Waals surface area contributed by atoms with Crippen LogP contribution in [-0.4, -0.2) is 66.8 Å². The number of hydrogen-bond acceptors (Lipinski definition) is 7. The van der Waals surface area contributed by atoms with Crippen LogP contribution in [0.4, 0.5) is 33.6 Å². The second-order valence-corrected chi connectivity index (χ2v) is 14.3. The van der Waals surface area contributed by atoms with E-state index in [1.54, 1.807) is 7.11 Å². The van der Waals surface area contributed by atoms with Gasteiger partial charge in [0.1, 0.15) is 5.82 Å². The third kappa shape index (κ3) is 5.14. The molecule has 0 spiro atoms. The van der Waals surface area contributed by atoms with E-state index in [9.17, 15) is 4.79 Å². The molecule has 5 fully saturated rings. The van der Waals surface area contributed by atoms with Crippen molar-refractivity contribution in [2.75, 3.05) is 60.4 Å². The van der Waals surface area contributed by atoms with E-state index < -0.39 is 0 Å². The van der Waals surface area contributed by atoms with E-state index in [0.29, 0.717) is 36.9 Å². The normalized spacial score (nSPS) is 27.7. The second kappa shape index (κ2) is 11.3. The van der Waals surface area contributed by atoms with Gasteiger partial charge in [-0.3, -0.25) is 9.80 Å². The van der Waals surface area contributed by atoms with Crippen LogP contribution in [0.15, 0.2) is 48.7 Å². The van der Waals surface area contributed by atoms with E-state index in [0.717, 1.165) is 79.3 Å². The number of aromatic nitrogens is 2. The maximum Gasteiger partial charge on any atom is 0.331 e. The van der Waals surface area contributed by atoms with E-state index in [2.05, 4.69) is 70.4 Å². The monoisotopic (exact) mass is 607 g/mol. The molecule has 9 heteroatoms. The molecular formula is C36H45N7O2. The number of anilines is 5. The van der Waals surface area contributed by atoms with Crippen molar-refractivity contribution in [2.45, 2.75) is 64.1 Å². The summed E-state index contributed by atoms with van der Waals surface area (Å²) in [6.45, 7) is 7.31. The highest BCUT2D eigenvalue weighted by molar-refractivity contribution is 6.07. The van der Waals surface area contributed by atoms with Crippen molar-refractivity contribution in [2.24, 2.45) is 17.8 Å². The van der Waals surface area contributed by atoms with Crippen molar-refractivity contribution in [1.82, 2.24) is 14.9 Å². The van der Waals surface area contributed by atoms with Crippen LogP contribution in [0.5, 0.6) is 0 Å². The van der Waals surface area contributed by atoms with Gasteiger partial charge in [-0.15, -0.1) is 0 Å². The highest BCUT2D eigenvalue weighted by atomic mass is 16.5. The lowest BCUT2D eigenvalue weighted by molar-refractivity contribution is -0.000908. The van der Waals surface area contributed by atoms with Gasteiger partial charge >= 0.3 is 6.03 Å². The first-order chi connectivity index (χ1) is 21.9. The molecule has 4 bridgehead atoms. The fourth-order valence-electron chi connectivity index (χ4n) is 9.39. The van der Waals surface area contributed by atoms with Crippen LogP contribution >= 0.6 is 0 Å². The summed E-state index contributed by atoms with van der Waals surface area (Å²) in [6, 6.07) is 14.8. The van der Waals surface area contributed by atoms with Gasteiger partial charge in [0.2, 0.25) is 5.95 Å². The summed E-state index contributed by atoms with van der Waals surface area (Å²) in [6.07, 6.45) is 9.10. The zero-order valence-corrected chi connectivity index (χ0v) is 26.8. The second-order valence-electron chi connectivity index (χ2n) is 14.3. The van der Waals surface area contributed by atoms with Crippen LogP contribution < -0.4 is 20.0 Å². The minimum Gasteiger partial charge on any atom is -0.380 e. The zero-order valence-electron chi connectivity index (χ0n) is 26.8. The van der Waals surface area contributed by atoms with Crippen molar-refractivity contribution in [3.8, 4) is 0 Å². The predicted octanol–water partition coefficient (Wildman–Crippen LogP) is 6.34. The van der Waals surface area contributed by atoms with Crippen LogP contribution in [0.2, 0.25) is 0 Å². The minimum absolute atomic E-state index is 0.0447. The van der Waals surface area contributed by atoms with Crippen LogP contribution in [0, 0.1) is 24.7 Å². The summed E-state index contributed by atoms with van der Waals surface area (Å²) in [4.78, 5) is 33.7. The van der Waals surface area contributed by atoms with Gasteiger partial charge in [0.15, 0.2) is 0 Å². The van der Waals surface area contributed by atoms with Gasteiger partial charge in [0, 0.05) is 62.1 Å². The first-order valence-electron chi connectivity index (χ1n) is 16.7.